The van der Waals surface area contributed by atoms with E-state index < -0.39 is 0 Å². The van der Waals surface area contributed by atoms with Crippen LogP contribution in [0, 0.1) is 0 Å². The molecule has 0 aromatic rings. The second kappa shape index (κ2) is 15.9. The minimum Gasteiger partial charge on any atom is -0.379 e. The van der Waals surface area contributed by atoms with Crippen LogP contribution in [0.15, 0.2) is 4.99 Å². The smallest absolute Gasteiger partial charge is 0.191 e. The summed E-state index contributed by atoms with van der Waals surface area (Å²) in [4.78, 5) is 9.72. The van der Waals surface area contributed by atoms with Crippen LogP contribution in [0.1, 0.15) is 47.5 Å². The number of hydrogen-bond donors (Lipinski definition) is 2. The summed E-state index contributed by atoms with van der Waals surface area (Å²) >= 11 is 0. The number of ether oxygens (including phenoxy) is 1. The number of hydrogen-bond acceptors (Lipinski definition) is 4. The Morgan fingerprint density at radius 2 is 1.73 bits per heavy atom. The highest BCUT2D eigenvalue weighted by atomic mass is 127. The molecule has 0 saturated carbocycles. The molecule has 0 spiro atoms. The zero-order valence-corrected chi connectivity index (χ0v) is 19.9. The van der Waals surface area contributed by atoms with Gasteiger partial charge in [0.05, 0.1) is 13.2 Å². The highest BCUT2D eigenvalue weighted by molar-refractivity contribution is 14.0. The molecule has 1 rings (SSSR count). The average molecular weight is 483 g/mol. The summed E-state index contributed by atoms with van der Waals surface area (Å²) < 4.78 is 5.39. The largest absolute Gasteiger partial charge is 0.379 e. The third-order valence-electron chi connectivity index (χ3n) is 4.56. The molecular formula is C19H42IN5O. The first-order valence-corrected chi connectivity index (χ1v) is 10.1. The first-order chi connectivity index (χ1) is 12.0. The van der Waals surface area contributed by atoms with Crippen LogP contribution in [-0.2, 0) is 4.74 Å². The summed E-state index contributed by atoms with van der Waals surface area (Å²) in [5.74, 6) is 0.949. The van der Waals surface area contributed by atoms with Gasteiger partial charge in [0, 0.05) is 51.4 Å². The summed E-state index contributed by atoms with van der Waals surface area (Å²) in [5.41, 5.74) is 0. The van der Waals surface area contributed by atoms with Gasteiger partial charge in [0.15, 0.2) is 5.96 Å². The lowest BCUT2D eigenvalue weighted by Crippen LogP contribution is -2.41. The molecule has 0 unspecified atom stereocenters. The monoisotopic (exact) mass is 483 g/mol. The number of halogens is 1. The van der Waals surface area contributed by atoms with Gasteiger partial charge in [-0.1, -0.05) is 0 Å². The van der Waals surface area contributed by atoms with Crippen molar-refractivity contribution in [1.82, 2.24) is 20.4 Å². The lowest BCUT2D eigenvalue weighted by Gasteiger charge is -2.30. The van der Waals surface area contributed by atoms with E-state index in [1.807, 2.05) is 0 Å². The Labute approximate surface area is 178 Å². The molecule has 0 amide bonds. The number of morpholine rings is 1. The number of nitrogens with one attached hydrogen (secondary N) is 2. The van der Waals surface area contributed by atoms with Gasteiger partial charge >= 0.3 is 0 Å². The third-order valence-corrected chi connectivity index (χ3v) is 4.56. The fourth-order valence-electron chi connectivity index (χ4n) is 3.23. The summed E-state index contributed by atoms with van der Waals surface area (Å²) in [7, 11) is 0. The van der Waals surface area contributed by atoms with Crippen LogP contribution < -0.4 is 10.6 Å². The predicted octanol–water partition coefficient (Wildman–Crippen LogP) is 2.39. The van der Waals surface area contributed by atoms with Gasteiger partial charge in [-0.2, -0.15) is 0 Å². The molecule has 156 valence electrons. The van der Waals surface area contributed by atoms with Gasteiger partial charge in [0.2, 0.25) is 0 Å². The Hall–Kier alpha value is -0.120. The summed E-state index contributed by atoms with van der Waals surface area (Å²) in [5, 5.41) is 6.81. The van der Waals surface area contributed by atoms with Crippen LogP contribution >= 0.6 is 24.0 Å². The van der Waals surface area contributed by atoms with E-state index in [-0.39, 0.29) is 24.0 Å². The molecule has 0 bridgehead atoms. The molecule has 0 atom stereocenters. The highest BCUT2D eigenvalue weighted by Crippen LogP contribution is 2.05. The Morgan fingerprint density at radius 3 is 2.31 bits per heavy atom. The van der Waals surface area contributed by atoms with Gasteiger partial charge in [-0.15, -0.1) is 24.0 Å². The lowest BCUT2D eigenvalue weighted by molar-refractivity contribution is 0.0376. The quantitative estimate of drug-likeness (QED) is 0.205. The molecule has 0 radical (unpaired) electrons. The van der Waals surface area contributed by atoms with Crippen molar-refractivity contribution in [2.75, 3.05) is 59.0 Å². The van der Waals surface area contributed by atoms with Crippen molar-refractivity contribution in [2.24, 2.45) is 4.99 Å². The number of nitrogens with zero attached hydrogens (tertiary/aromatic N) is 3. The Bertz CT molecular complexity index is 352. The van der Waals surface area contributed by atoms with E-state index in [1.54, 1.807) is 0 Å². The van der Waals surface area contributed by atoms with Crippen LogP contribution in [0.5, 0.6) is 0 Å². The first kappa shape index (κ1) is 25.9. The van der Waals surface area contributed by atoms with Crippen molar-refractivity contribution in [3.05, 3.63) is 0 Å². The number of guanidine groups is 1. The predicted molar refractivity (Wildman–Crippen MR) is 123 cm³/mol. The summed E-state index contributed by atoms with van der Waals surface area (Å²) in [6.07, 6.45) is 2.24. The molecule has 1 heterocycles. The number of rotatable bonds is 11. The van der Waals surface area contributed by atoms with Crippen LogP contribution in [-0.4, -0.2) is 86.9 Å². The van der Waals surface area contributed by atoms with Crippen LogP contribution in [0.3, 0.4) is 0 Å². The van der Waals surface area contributed by atoms with E-state index in [0.29, 0.717) is 12.1 Å². The van der Waals surface area contributed by atoms with E-state index in [4.69, 9.17) is 9.73 Å². The maximum Gasteiger partial charge on any atom is 0.191 e. The Morgan fingerprint density at radius 1 is 1.08 bits per heavy atom. The normalized spacial score (nSPS) is 16.2. The highest BCUT2D eigenvalue weighted by Gasteiger charge is 2.12. The molecule has 0 aliphatic carbocycles. The molecule has 7 heteroatoms. The van der Waals surface area contributed by atoms with Crippen LogP contribution in [0.25, 0.3) is 0 Å². The van der Waals surface area contributed by atoms with Crippen molar-refractivity contribution >= 4 is 29.9 Å². The van der Waals surface area contributed by atoms with Gasteiger partial charge < -0.3 is 15.4 Å². The molecule has 6 nitrogen and oxygen atoms in total. The standard InChI is InChI=1S/C19H41N5O.HI/c1-6-20-19(21-9-7-11-23-13-15-25-16-14-23)22-10-8-12-24(17(2)3)18(4)5;/h17-18H,6-16H2,1-5H3,(H2,20,21,22);1H. The van der Waals surface area contributed by atoms with Crippen LogP contribution in [0.2, 0.25) is 0 Å². The fourth-order valence-corrected chi connectivity index (χ4v) is 3.23. The molecule has 1 aliphatic rings. The van der Waals surface area contributed by atoms with Crippen molar-refractivity contribution in [2.45, 2.75) is 59.5 Å². The molecule has 0 aromatic heterocycles. The van der Waals surface area contributed by atoms with Crippen molar-refractivity contribution < 1.29 is 4.74 Å². The van der Waals surface area contributed by atoms with Crippen molar-refractivity contribution in [3.63, 3.8) is 0 Å². The topological polar surface area (TPSA) is 52.1 Å². The van der Waals surface area contributed by atoms with E-state index in [9.17, 15) is 0 Å². The third kappa shape index (κ3) is 11.6. The molecule has 0 aromatic carbocycles. The van der Waals surface area contributed by atoms with Crippen molar-refractivity contribution in [1.29, 1.82) is 0 Å². The van der Waals surface area contributed by atoms with Gasteiger partial charge in [-0.05, 0) is 54.0 Å². The minimum absolute atomic E-state index is 0. The SMILES string of the molecule is CCNC(=NCCCN(C(C)C)C(C)C)NCCCN1CCOCC1.I. The Kier molecular flexibility index (Phi) is 15.8. The van der Waals surface area contributed by atoms with Gasteiger partial charge in [0.1, 0.15) is 0 Å². The van der Waals surface area contributed by atoms with E-state index in [2.05, 4.69) is 55.1 Å². The molecule has 1 saturated heterocycles. The second-order valence-electron chi connectivity index (χ2n) is 7.27. The maximum absolute atomic E-state index is 5.39. The van der Waals surface area contributed by atoms with E-state index in [0.717, 1.165) is 77.8 Å². The molecular weight excluding hydrogens is 441 g/mol. The molecule has 1 fully saturated rings. The minimum atomic E-state index is 0. The summed E-state index contributed by atoms with van der Waals surface area (Å²) in [6, 6.07) is 1.19. The van der Waals surface area contributed by atoms with Gasteiger partial charge in [-0.25, -0.2) is 0 Å². The zero-order valence-electron chi connectivity index (χ0n) is 17.6. The Balaban J connectivity index is 0.00000625. The average Bonchev–Trinajstić information content (AvgIpc) is 2.58. The van der Waals surface area contributed by atoms with Gasteiger partial charge in [-0.3, -0.25) is 14.8 Å². The summed E-state index contributed by atoms with van der Waals surface area (Å²) in [6.45, 7) is 20.0. The second-order valence-corrected chi connectivity index (χ2v) is 7.27. The van der Waals surface area contributed by atoms with E-state index in [1.165, 1.54) is 0 Å². The molecule has 26 heavy (non-hydrogen) atoms. The zero-order chi connectivity index (χ0) is 18.5. The van der Waals surface area contributed by atoms with E-state index >= 15 is 0 Å². The number of aliphatic imine (C=N–C) groups is 1. The maximum atomic E-state index is 5.39. The molecule has 1 aliphatic heterocycles. The van der Waals surface area contributed by atoms with Gasteiger partial charge in [0.25, 0.3) is 0 Å². The van der Waals surface area contributed by atoms with Crippen LogP contribution in [0.4, 0.5) is 0 Å². The fraction of sp³-hybridized carbons (Fsp3) is 0.947. The van der Waals surface area contributed by atoms with Crippen molar-refractivity contribution in [3.8, 4) is 0 Å². The first-order valence-electron chi connectivity index (χ1n) is 10.1. The molecule has 2 N–H and O–H groups in total. The lowest BCUT2D eigenvalue weighted by atomic mass is 10.2.